The molecular weight excluding hydrogens is 643 g/mol. The number of carboxylic acids is 1. The van der Waals surface area contributed by atoms with Crippen molar-refractivity contribution < 1.29 is 62.8 Å². The summed E-state index contributed by atoms with van der Waals surface area (Å²) in [4.78, 5) is 82.2. The summed E-state index contributed by atoms with van der Waals surface area (Å²) in [5.74, 6) is -3.19. The van der Waals surface area contributed by atoms with Gasteiger partial charge in [-0.3, -0.25) is 43.3 Å². The van der Waals surface area contributed by atoms with Crippen molar-refractivity contribution in [1.29, 1.82) is 5.11 Å². The number of amides is 2. The molecule has 3 fully saturated rings. The molecule has 2 amide bonds. The molecule has 4 N–H and O–H groups in total. The van der Waals surface area contributed by atoms with Gasteiger partial charge in [0.1, 0.15) is 0 Å². The third-order valence-electron chi connectivity index (χ3n) is 3.59. The summed E-state index contributed by atoms with van der Waals surface area (Å²) in [6, 6.07) is 0. The van der Waals surface area contributed by atoms with Crippen LogP contribution in [0.15, 0.2) is 0 Å². The van der Waals surface area contributed by atoms with E-state index in [1.165, 1.54) is 26.1 Å². The summed E-state index contributed by atoms with van der Waals surface area (Å²) >= 11 is 0. The Bertz CT molecular complexity index is 784. The molecular formula is C20H40B4N2O13P4. The van der Waals surface area contributed by atoms with E-state index in [0.717, 1.165) is 7.11 Å². The zero-order chi connectivity index (χ0) is 38.8. The van der Waals surface area contributed by atoms with E-state index in [2.05, 4.69) is 50.2 Å². The molecule has 0 spiro atoms. The fraction of sp³-hybridized carbons (Fsp3) is 0.600. The Morgan fingerprint density at radius 1 is 0.767 bits per heavy atom. The standard InChI is InChI=1S/C5H7NO2.C5H8O4.2C4H4O3.CH5N.CH4O.4BH2P/c1-6-4(7)2-3-5(6)8;1-9-5(8)3-2-4(6)7;2*5-3-1-2-4(6)7-3;6*1-2/h2-3H2,1H3;2-3H2,1H3,(H,6,7);2*1-2H2;2H2,1H3;2H,1H3;4*2H2/i;;;;;;4*2D. The zero-order valence-corrected chi connectivity index (χ0v) is 28.4. The third kappa shape index (κ3) is 44.8. The normalized spacial score (nSPS) is 15.2. The molecule has 23 heteroatoms. The maximum Gasteiger partial charge on any atom is 0.314 e. The van der Waals surface area contributed by atoms with Gasteiger partial charge in [0.2, 0.25) is 11.8 Å². The van der Waals surface area contributed by atoms with Gasteiger partial charge in [-0.25, -0.2) is 0 Å². The van der Waals surface area contributed by atoms with Gasteiger partial charge >= 0.3 is 35.8 Å². The number of nitrogens with two attached hydrogens (primary N) is 1. The van der Waals surface area contributed by atoms with E-state index < -0.39 is 35.8 Å². The summed E-state index contributed by atoms with van der Waals surface area (Å²) < 4.78 is 36.4. The van der Waals surface area contributed by atoms with Crippen molar-refractivity contribution >= 4 is 114 Å². The number of methoxy groups -OCH3 is 1. The number of hydrogen-bond donors (Lipinski definition) is 3. The van der Waals surface area contributed by atoms with Crippen LogP contribution in [0.3, 0.4) is 0 Å². The molecule has 0 saturated carbocycles. The molecule has 0 aromatic heterocycles. The van der Waals surface area contributed by atoms with Gasteiger partial charge in [0.25, 0.3) is 0 Å². The topological polar surface area (TPSA) is 234 Å². The van der Waals surface area contributed by atoms with Crippen molar-refractivity contribution in [2.24, 2.45) is 5.73 Å². The lowest BCUT2D eigenvalue weighted by atomic mass is 10.3. The van der Waals surface area contributed by atoms with Crippen LogP contribution in [-0.4, -0.2) is 126 Å². The van der Waals surface area contributed by atoms with Crippen LogP contribution in [-0.2, 0) is 52.6 Å². The Balaban J connectivity index is -0.0000000794. The minimum atomic E-state index is -0.986. The summed E-state index contributed by atoms with van der Waals surface area (Å²) in [6.07, 6.45) is 1.64. The monoisotopic (exact) mass is 688 g/mol. The Labute approximate surface area is 272 Å². The Kier molecular flexibility index (Phi) is 50.1. The minimum Gasteiger partial charge on any atom is -0.481 e. The molecule has 0 aliphatic carbocycles. The summed E-state index contributed by atoms with van der Waals surface area (Å²) in [5, 5.41) is 15.1. The second kappa shape index (κ2) is 47.2. The summed E-state index contributed by atoms with van der Waals surface area (Å²) in [6.45, 7) is 0. The highest BCUT2D eigenvalue weighted by Gasteiger charge is 2.24. The number of nitrogens with zero attached hydrogens (tertiary/aromatic N) is 1. The number of carbonyl (C=O) groups is 8. The van der Waals surface area contributed by atoms with E-state index in [4.69, 9.17) is 15.3 Å². The second-order valence-electron chi connectivity index (χ2n) is 6.01. The molecule has 3 rings (SSSR count). The van der Waals surface area contributed by atoms with E-state index in [1.54, 1.807) is 0 Å². The molecule has 3 heterocycles. The zero-order valence-electron chi connectivity index (χ0n) is 28.4. The molecule has 43 heavy (non-hydrogen) atoms. The molecule has 15 nitrogen and oxygen atoms in total. The number of ether oxygens (including phenoxy) is 3. The van der Waals surface area contributed by atoms with Gasteiger partial charge in [-0.05, 0) is 7.05 Å². The maximum atomic E-state index is 10.5. The quantitative estimate of drug-likeness (QED) is 0.0762. The average Bonchev–Trinajstić information content (AvgIpc) is 3.71. The van der Waals surface area contributed by atoms with Gasteiger partial charge in [0.05, 0.1) is 75.9 Å². The highest BCUT2D eigenvalue weighted by molar-refractivity contribution is 7.50. The van der Waals surface area contributed by atoms with Crippen molar-refractivity contribution in [2.45, 2.75) is 51.4 Å². The number of carboxylic acid groups (broad SMARTS) is 1. The largest absolute Gasteiger partial charge is 0.481 e. The summed E-state index contributed by atoms with van der Waals surface area (Å²) in [7, 11) is 22.7. The fourth-order valence-electron chi connectivity index (χ4n) is 1.87. The lowest BCUT2D eigenvalue weighted by Gasteiger charge is -2.01. The van der Waals surface area contributed by atoms with Crippen molar-refractivity contribution in [1.82, 2.24) is 4.90 Å². The smallest absolute Gasteiger partial charge is 0.314 e. The number of aliphatic hydroxyl groups is 1. The molecule has 0 bridgehead atoms. The van der Waals surface area contributed by atoms with Crippen LogP contribution in [0.4, 0.5) is 0 Å². The third-order valence-corrected chi connectivity index (χ3v) is 3.59. The van der Waals surface area contributed by atoms with Crippen molar-refractivity contribution in [2.75, 3.05) is 28.3 Å². The molecule has 0 aromatic carbocycles. The van der Waals surface area contributed by atoms with Crippen molar-refractivity contribution in [3.63, 3.8) is 0 Å². The molecule has 0 aromatic rings. The predicted molar refractivity (Wildman–Crippen MR) is 177 cm³/mol. The fourth-order valence-corrected chi connectivity index (χ4v) is 1.87. The first-order valence-electron chi connectivity index (χ1n) is 13.2. The summed E-state index contributed by atoms with van der Waals surface area (Å²) in [5.41, 5.74) is 4.50. The van der Waals surface area contributed by atoms with E-state index in [0.29, 0.717) is 12.8 Å². The first-order valence-corrected chi connectivity index (χ1v) is 13.5. The molecule has 8 radical (unpaired) electrons. The highest BCUT2D eigenvalue weighted by atomic mass is 31.0. The molecule has 4 atom stereocenters. The number of cyclic esters (lactones) is 4. The second-order valence-corrected chi connectivity index (χ2v) is 6.01. The van der Waals surface area contributed by atoms with Gasteiger partial charge in [-0.15, -0.1) is 0 Å². The number of rotatable bonds is 3. The number of aliphatic hydroxyl groups excluding tert-OH is 1. The first kappa shape index (κ1) is 45.7. The molecule has 240 valence electrons. The number of likely N-dealkylation sites (tertiary alicyclic amines) is 1. The SMILES string of the molecule is CN.CN1C(=O)CCC1=O.CO.COC(=O)CCC(=O)O.O=C1CCC(=O)O1.O=C1CCC(=O)O1.[2H]P[B].[2H]P[B].[2H]P[B].[2H]P[B]. The molecule has 3 saturated heterocycles. The van der Waals surface area contributed by atoms with Crippen LogP contribution in [0.25, 0.3) is 0 Å². The highest BCUT2D eigenvalue weighted by Crippen LogP contribution is 2.07. The van der Waals surface area contributed by atoms with Gasteiger partial charge in [0, 0.05) is 32.1 Å². The molecule has 4 unspecified atom stereocenters. The Hall–Kier alpha value is -1.74. The minimum absolute atomic E-state index is 0.0498. The number of imide groups is 1. The van der Waals surface area contributed by atoms with Crippen LogP contribution < -0.4 is 5.73 Å². The van der Waals surface area contributed by atoms with Gasteiger partial charge in [-0.2, -0.15) is 36.3 Å². The number of esters is 5. The van der Waals surface area contributed by atoms with Crippen molar-refractivity contribution in [3.8, 4) is 0 Å². The van der Waals surface area contributed by atoms with E-state index >= 15 is 0 Å². The van der Waals surface area contributed by atoms with Crippen LogP contribution in [0.1, 0.15) is 51.4 Å². The number of aliphatic carboxylic acids is 1. The maximum absolute atomic E-state index is 10.5. The van der Waals surface area contributed by atoms with Gasteiger partial charge in [-0.1, -0.05) is 0 Å². The first-order chi connectivity index (χ1) is 22.1. The molecule has 3 aliphatic heterocycles. The van der Waals surface area contributed by atoms with Gasteiger partial charge < -0.3 is 30.2 Å². The van der Waals surface area contributed by atoms with Crippen LogP contribution in [0, 0.1) is 0 Å². The number of carbonyl (C=O) groups excluding carboxylic acids is 7. The van der Waals surface area contributed by atoms with Gasteiger partial charge in [0.15, 0.2) is 0 Å². The van der Waals surface area contributed by atoms with Crippen LogP contribution in [0.5, 0.6) is 0 Å². The average molecular weight is 688 g/mol. The Morgan fingerprint density at radius 2 is 1.02 bits per heavy atom. The van der Waals surface area contributed by atoms with E-state index in [9.17, 15) is 38.4 Å². The lowest BCUT2D eigenvalue weighted by molar-refractivity contribution is -0.153. The van der Waals surface area contributed by atoms with E-state index in [1.807, 2.05) is 0 Å². The lowest BCUT2D eigenvalue weighted by Crippen LogP contribution is -2.23. The van der Waals surface area contributed by atoms with Crippen LogP contribution in [0.2, 0.25) is 0 Å². The molecule has 3 aliphatic rings. The van der Waals surface area contributed by atoms with E-state index in [-0.39, 0.29) is 86.6 Å². The predicted octanol–water partition coefficient (Wildman–Crippen LogP) is -1.55. The number of hydrogen-bond acceptors (Lipinski definition) is 13. The Morgan fingerprint density at radius 3 is 1.14 bits per heavy atom. The van der Waals surface area contributed by atoms with Crippen LogP contribution >= 0.6 is 36.3 Å². The van der Waals surface area contributed by atoms with Crippen molar-refractivity contribution in [3.05, 3.63) is 0 Å².